The first-order valence-corrected chi connectivity index (χ1v) is 10.4. The molecular formula is C21H31N3O4. The van der Waals surface area contributed by atoms with Crippen molar-refractivity contribution in [1.82, 2.24) is 9.80 Å². The molecule has 7 nitrogen and oxygen atoms in total. The molecule has 0 aromatic heterocycles. The molecule has 28 heavy (non-hydrogen) atoms. The Hall–Kier alpha value is -1.83. The second-order valence-corrected chi connectivity index (χ2v) is 7.95. The van der Waals surface area contributed by atoms with Crippen LogP contribution in [0.2, 0.25) is 0 Å². The van der Waals surface area contributed by atoms with Gasteiger partial charge in [0.1, 0.15) is 5.75 Å². The van der Waals surface area contributed by atoms with Gasteiger partial charge in [-0.1, -0.05) is 18.9 Å². The van der Waals surface area contributed by atoms with Gasteiger partial charge >= 0.3 is 6.03 Å². The number of carbonyl (C=O) groups is 1. The van der Waals surface area contributed by atoms with E-state index in [1.54, 1.807) is 12.0 Å². The summed E-state index contributed by atoms with van der Waals surface area (Å²) >= 11 is 0. The molecule has 1 aromatic rings. The first-order valence-electron chi connectivity index (χ1n) is 10.4. The summed E-state index contributed by atoms with van der Waals surface area (Å²) in [6.45, 7) is 3.96. The number of morpholine rings is 1. The van der Waals surface area contributed by atoms with Gasteiger partial charge < -0.3 is 24.4 Å². The number of urea groups is 1. The molecular weight excluding hydrogens is 358 g/mol. The highest BCUT2D eigenvalue weighted by molar-refractivity contribution is 5.89. The lowest BCUT2D eigenvalue weighted by molar-refractivity contribution is -0.261. The van der Waals surface area contributed by atoms with Crippen LogP contribution in [0.5, 0.6) is 5.75 Å². The van der Waals surface area contributed by atoms with Crippen molar-refractivity contribution in [1.29, 1.82) is 0 Å². The molecule has 3 aliphatic rings. The number of hydrogen-bond acceptors (Lipinski definition) is 5. The lowest BCUT2D eigenvalue weighted by Crippen LogP contribution is -2.60. The van der Waals surface area contributed by atoms with Gasteiger partial charge in [-0.2, -0.15) is 0 Å². The topological polar surface area (TPSA) is 63.3 Å². The highest BCUT2D eigenvalue weighted by Gasteiger charge is 2.43. The molecule has 154 valence electrons. The average Bonchev–Trinajstić information content (AvgIpc) is 3.18. The molecule has 0 radical (unpaired) electrons. The van der Waals surface area contributed by atoms with Gasteiger partial charge in [0, 0.05) is 30.9 Å². The zero-order valence-electron chi connectivity index (χ0n) is 16.7. The third-order valence-electron chi connectivity index (χ3n) is 6.01. The van der Waals surface area contributed by atoms with Crippen LogP contribution >= 0.6 is 0 Å². The minimum atomic E-state index is -0.719. The van der Waals surface area contributed by atoms with E-state index >= 15 is 0 Å². The van der Waals surface area contributed by atoms with Crippen LogP contribution < -0.4 is 10.1 Å². The summed E-state index contributed by atoms with van der Waals surface area (Å²) in [5.41, 5.74) is 0.722. The second kappa shape index (κ2) is 8.68. The molecule has 1 spiro atoms. The van der Waals surface area contributed by atoms with Gasteiger partial charge in [-0.25, -0.2) is 4.79 Å². The Bertz CT molecular complexity index is 679. The lowest BCUT2D eigenvalue weighted by Gasteiger charge is -2.44. The minimum Gasteiger partial charge on any atom is -0.497 e. The number of ether oxygens (including phenoxy) is 3. The number of nitrogens with one attached hydrogen (secondary N) is 1. The third kappa shape index (κ3) is 4.42. The Morgan fingerprint density at radius 1 is 1.14 bits per heavy atom. The molecule has 1 saturated carbocycles. The number of hydrogen-bond donors (Lipinski definition) is 1. The minimum absolute atomic E-state index is 0.129. The quantitative estimate of drug-likeness (QED) is 0.861. The predicted molar refractivity (Wildman–Crippen MR) is 107 cm³/mol. The molecule has 2 aliphatic heterocycles. The summed E-state index contributed by atoms with van der Waals surface area (Å²) < 4.78 is 17.6. The number of amides is 2. The fraction of sp³-hybridized carbons (Fsp3) is 0.667. The maximum atomic E-state index is 12.9. The number of anilines is 1. The molecule has 4 rings (SSSR count). The average molecular weight is 389 g/mol. The number of methoxy groups -OCH3 is 1. The van der Waals surface area contributed by atoms with Crippen molar-refractivity contribution < 1.29 is 19.0 Å². The normalized spacial score (nSPS) is 27.0. The highest BCUT2D eigenvalue weighted by Crippen LogP contribution is 2.30. The maximum Gasteiger partial charge on any atom is 0.322 e. The summed E-state index contributed by atoms with van der Waals surface area (Å²) in [5.74, 6) is -0.00108. The van der Waals surface area contributed by atoms with E-state index in [4.69, 9.17) is 14.2 Å². The Morgan fingerprint density at radius 2 is 1.96 bits per heavy atom. The fourth-order valence-electron chi connectivity index (χ4n) is 4.56. The van der Waals surface area contributed by atoms with Gasteiger partial charge in [-0.15, -0.1) is 0 Å². The van der Waals surface area contributed by atoms with Crippen LogP contribution in [0.1, 0.15) is 32.1 Å². The summed E-state index contributed by atoms with van der Waals surface area (Å²) in [6.07, 6.45) is 6.15. The van der Waals surface area contributed by atoms with Gasteiger partial charge in [0.15, 0.2) is 5.79 Å². The molecule has 1 N–H and O–H groups in total. The van der Waals surface area contributed by atoms with E-state index in [1.165, 1.54) is 25.7 Å². The van der Waals surface area contributed by atoms with E-state index in [2.05, 4.69) is 10.2 Å². The van der Waals surface area contributed by atoms with Crippen LogP contribution in [0.15, 0.2) is 24.3 Å². The monoisotopic (exact) mass is 389 g/mol. The van der Waals surface area contributed by atoms with E-state index in [9.17, 15) is 4.79 Å². The van der Waals surface area contributed by atoms with Crippen LogP contribution in [0.3, 0.4) is 0 Å². The Balaban J connectivity index is 1.42. The van der Waals surface area contributed by atoms with Crippen molar-refractivity contribution in [3.8, 4) is 5.75 Å². The van der Waals surface area contributed by atoms with Crippen molar-refractivity contribution in [2.24, 2.45) is 0 Å². The van der Waals surface area contributed by atoms with Gasteiger partial charge in [0.2, 0.25) is 0 Å². The van der Waals surface area contributed by atoms with Crippen LogP contribution in [-0.4, -0.2) is 74.2 Å². The molecule has 0 bridgehead atoms. The lowest BCUT2D eigenvalue weighted by atomic mass is 10.1. The molecule has 1 unspecified atom stereocenters. The molecule has 1 aromatic carbocycles. The van der Waals surface area contributed by atoms with Crippen LogP contribution in [0.25, 0.3) is 0 Å². The molecule has 3 fully saturated rings. The van der Waals surface area contributed by atoms with E-state index in [-0.39, 0.29) is 6.03 Å². The Labute approximate surface area is 166 Å². The first kappa shape index (κ1) is 19.5. The fourth-order valence-corrected chi connectivity index (χ4v) is 4.56. The van der Waals surface area contributed by atoms with E-state index in [0.29, 0.717) is 32.3 Å². The standard InChI is InChI=1S/C21H31N3O4/c1-26-19-9-4-6-17(14-19)22-20(25)24-11-13-28-21(16-24)15-23(10-5-12-27-21)18-7-2-3-8-18/h4,6,9,14,18H,2-3,5,7-8,10-13,15-16H2,1H3,(H,22,25). The largest absolute Gasteiger partial charge is 0.497 e. The van der Waals surface area contributed by atoms with Gasteiger partial charge in [0.25, 0.3) is 0 Å². The van der Waals surface area contributed by atoms with Gasteiger partial charge in [-0.05, 0) is 31.4 Å². The van der Waals surface area contributed by atoms with Crippen molar-refractivity contribution in [3.63, 3.8) is 0 Å². The zero-order valence-corrected chi connectivity index (χ0v) is 16.7. The molecule has 7 heteroatoms. The van der Waals surface area contributed by atoms with Crippen LogP contribution in [0, 0.1) is 0 Å². The number of rotatable bonds is 3. The summed E-state index contributed by atoms with van der Waals surface area (Å²) in [4.78, 5) is 17.2. The van der Waals surface area contributed by atoms with E-state index in [0.717, 1.165) is 30.9 Å². The smallest absolute Gasteiger partial charge is 0.322 e. The van der Waals surface area contributed by atoms with Crippen molar-refractivity contribution in [2.45, 2.75) is 43.9 Å². The Morgan fingerprint density at radius 3 is 2.79 bits per heavy atom. The molecule has 2 saturated heterocycles. The zero-order chi connectivity index (χ0) is 19.4. The summed E-state index contributed by atoms with van der Waals surface area (Å²) in [5, 5.41) is 2.97. The molecule has 2 amide bonds. The number of carbonyl (C=O) groups excluding carboxylic acids is 1. The molecule has 2 heterocycles. The Kier molecular flexibility index (Phi) is 6.04. The van der Waals surface area contributed by atoms with Crippen molar-refractivity contribution in [3.05, 3.63) is 24.3 Å². The maximum absolute atomic E-state index is 12.9. The van der Waals surface area contributed by atoms with E-state index < -0.39 is 5.79 Å². The number of benzene rings is 1. The van der Waals surface area contributed by atoms with Crippen molar-refractivity contribution >= 4 is 11.7 Å². The first-order chi connectivity index (χ1) is 13.7. The third-order valence-corrected chi connectivity index (χ3v) is 6.01. The SMILES string of the molecule is COc1cccc(NC(=O)N2CCOC3(C2)CN(C2CCCC2)CCCO3)c1. The van der Waals surface area contributed by atoms with Gasteiger partial charge in [-0.3, -0.25) is 4.90 Å². The predicted octanol–water partition coefficient (Wildman–Crippen LogP) is 2.92. The van der Waals surface area contributed by atoms with Gasteiger partial charge in [0.05, 0.1) is 33.4 Å². The summed E-state index contributed by atoms with van der Waals surface area (Å²) in [6, 6.07) is 7.90. The molecule has 1 atom stereocenters. The summed E-state index contributed by atoms with van der Waals surface area (Å²) in [7, 11) is 1.62. The number of nitrogens with zero attached hydrogens (tertiary/aromatic N) is 2. The van der Waals surface area contributed by atoms with Crippen LogP contribution in [-0.2, 0) is 9.47 Å². The van der Waals surface area contributed by atoms with Crippen LogP contribution in [0.4, 0.5) is 10.5 Å². The highest BCUT2D eigenvalue weighted by atomic mass is 16.7. The molecule has 1 aliphatic carbocycles. The van der Waals surface area contributed by atoms with E-state index in [1.807, 2.05) is 24.3 Å². The van der Waals surface area contributed by atoms with Crippen molar-refractivity contribution in [2.75, 3.05) is 51.8 Å². The second-order valence-electron chi connectivity index (χ2n) is 7.95.